The zero-order chi connectivity index (χ0) is 22.5. The van der Waals surface area contributed by atoms with Gasteiger partial charge >= 0.3 is 11.9 Å². The Morgan fingerprint density at radius 3 is 2.59 bits per heavy atom. The minimum Gasteiger partial charge on any atom is -0.462 e. The smallest absolute Gasteiger partial charge is 0.340 e. The second-order valence-corrected chi connectivity index (χ2v) is 7.27. The van der Waals surface area contributed by atoms with Crippen LogP contribution in [0.2, 0.25) is 0 Å². The summed E-state index contributed by atoms with van der Waals surface area (Å²) in [6.45, 7) is 2.81. The van der Waals surface area contributed by atoms with Crippen molar-refractivity contribution in [2.45, 2.75) is 32.3 Å². The van der Waals surface area contributed by atoms with E-state index in [2.05, 4.69) is 0 Å². The average Bonchev–Trinajstić information content (AvgIpc) is 3.35. The quantitative estimate of drug-likeness (QED) is 0.399. The van der Waals surface area contributed by atoms with Gasteiger partial charge in [0.25, 0.3) is 0 Å². The van der Waals surface area contributed by atoms with Gasteiger partial charge < -0.3 is 23.4 Å². The van der Waals surface area contributed by atoms with E-state index in [0.29, 0.717) is 30.9 Å². The Balaban J connectivity index is 1.48. The number of fused-ring (bicyclic) bond motifs is 1. The van der Waals surface area contributed by atoms with Crippen molar-refractivity contribution in [3.63, 3.8) is 0 Å². The molecule has 0 aliphatic carbocycles. The van der Waals surface area contributed by atoms with Crippen LogP contribution in [0.3, 0.4) is 0 Å². The van der Waals surface area contributed by atoms with Crippen molar-refractivity contribution >= 4 is 22.9 Å². The Hall–Kier alpha value is -3.65. The van der Waals surface area contributed by atoms with Gasteiger partial charge in [0.1, 0.15) is 23.3 Å². The third-order valence-corrected chi connectivity index (χ3v) is 4.88. The molecule has 8 nitrogen and oxygen atoms in total. The van der Waals surface area contributed by atoms with Crippen LogP contribution in [0, 0.1) is 0 Å². The van der Waals surface area contributed by atoms with Crippen molar-refractivity contribution in [1.29, 1.82) is 0 Å². The van der Waals surface area contributed by atoms with E-state index in [1.54, 1.807) is 24.3 Å². The van der Waals surface area contributed by atoms with Gasteiger partial charge in [0.15, 0.2) is 6.10 Å². The molecule has 1 aliphatic heterocycles. The highest BCUT2D eigenvalue weighted by atomic mass is 16.6. The Labute approximate surface area is 183 Å². The number of ether oxygens (including phenoxy) is 4. The number of esters is 2. The molecule has 166 valence electrons. The number of carbonyl (C=O) groups is 2. The highest BCUT2D eigenvalue weighted by Gasteiger charge is 2.25. The summed E-state index contributed by atoms with van der Waals surface area (Å²) in [6, 6.07) is 10.8. The maximum Gasteiger partial charge on any atom is 0.340 e. The van der Waals surface area contributed by atoms with E-state index in [1.165, 1.54) is 24.5 Å². The molecule has 0 spiro atoms. The molecular formula is C24H22O8. The van der Waals surface area contributed by atoms with Crippen LogP contribution >= 0.6 is 0 Å². The van der Waals surface area contributed by atoms with Crippen LogP contribution < -0.4 is 14.9 Å². The van der Waals surface area contributed by atoms with Gasteiger partial charge in [-0.15, -0.1) is 0 Å². The molecule has 32 heavy (non-hydrogen) atoms. The number of rotatable bonds is 7. The molecule has 1 aliphatic rings. The van der Waals surface area contributed by atoms with Crippen molar-refractivity contribution in [1.82, 2.24) is 0 Å². The molecule has 3 aromatic rings. The van der Waals surface area contributed by atoms with E-state index < -0.39 is 18.0 Å². The van der Waals surface area contributed by atoms with Crippen LogP contribution in [0.5, 0.6) is 17.2 Å². The summed E-state index contributed by atoms with van der Waals surface area (Å²) in [4.78, 5) is 36.8. The maximum atomic E-state index is 12.8. The van der Waals surface area contributed by atoms with Crippen LogP contribution in [-0.2, 0) is 14.3 Å². The Bertz CT molecular complexity index is 1170. The van der Waals surface area contributed by atoms with E-state index in [4.69, 9.17) is 23.4 Å². The van der Waals surface area contributed by atoms with Gasteiger partial charge in [-0.2, -0.15) is 0 Å². The fourth-order valence-corrected chi connectivity index (χ4v) is 3.23. The molecule has 1 fully saturated rings. The highest BCUT2D eigenvalue weighted by Crippen LogP contribution is 2.25. The zero-order valence-electron chi connectivity index (χ0n) is 17.5. The van der Waals surface area contributed by atoms with Crippen molar-refractivity contribution in [2.24, 2.45) is 0 Å². The van der Waals surface area contributed by atoms with Gasteiger partial charge in [-0.25, -0.2) is 9.59 Å². The first-order valence-corrected chi connectivity index (χ1v) is 10.4. The molecule has 1 saturated heterocycles. The largest absolute Gasteiger partial charge is 0.462 e. The monoisotopic (exact) mass is 438 g/mol. The minimum atomic E-state index is -0.562. The lowest BCUT2D eigenvalue weighted by atomic mass is 10.2. The number of carbonyl (C=O) groups excluding carboxylic acids is 2. The van der Waals surface area contributed by atoms with Gasteiger partial charge in [-0.3, -0.25) is 4.79 Å². The minimum absolute atomic E-state index is 0.0112. The topological polar surface area (TPSA) is 101 Å². The van der Waals surface area contributed by atoms with Crippen molar-refractivity contribution in [3.05, 3.63) is 64.5 Å². The van der Waals surface area contributed by atoms with Crippen LogP contribution in [0.1, 0.15) is 36.5 Å². The fraction of sp³-hybridized carbons (Fsp3) is 0.292. The molecule has 2 aromatic carbocycles. The lowest BCUT2D eigenvalue weighted by molar-refractivity contribution is -0.144. The predicted molar refractivity (Wildman–Crippen MR) is 114 cm³/mol. The lowest BCUT2D eigenvalue weighted by Crippen LogP contribution is -2.24. The Kier molecular flexibility index (Phi) is 6.51. The third-order valence-electron chi connectivity index (χ3n) is 4.88. The van der Waals surface area contributed by atoms with Crippen LogP contribution in [0.4, 0.5) is 0 Å². The Morgan fingerprint density at radius 1 is 1.09 bits per heavy atom. The fourth-order valence-electron chi connectivity index (χ4n) is 3.23. The van der Waals surface area contributed by atoms with Gasteiger partial charge in [0.2, 0.25) is 11.2 Å². The summed E-state index contributed by atoms with van der Waals surface area (Å²) in [5.41, 5.74) is 0.269. The van der Waals surface area contributed by atoms with Crippen molar-refractivity contribution in [2.75, 3.05) is 13.2 Å². The average molecular weight is 438 g/mol. The number of benzene rings is 2. The molecule has 2 heterocycles. The van der Waals surface area contributed by atoms with E-state index in [9.17, 15) is 14.4 Å². The maximum absolute atomic E-state index is 12.8. The second kappa shape index (κ2) is 9.65. The molecule has 1 aromatic heterocycles. The summed E-state index contributed by atoms with van der Waals surface area (Å²) < 4.78 is 26.9. The summed E-state index contributed by atoms with van der Waals surface area (Å²) in [6.07, 6.45) is 2.82. The van der Waals surface area contributed by atoms with E-state index in [-0.39, 0.29) is 27.9 Å². The summed E-state index contributed by atoms with van der Waals surface area (Å²) in [5.74, 6) is -0.264. The molecule has 4 rings (SSSR count). The lowest BCUT2D eigenvalue weighted by Gasteiger charge is -2.10. The van der Waals surface area contributed by atoms with Gasteiger partial charge in [0.05, 0.1) is 17.6 Å². The van der Waals surface area contributed by atoms with E-state index in [1.807, 2.05) is 6.92 Å². The molecule has 8 heteroatoms. The standard InChI is InChI=1S/C24H22O8/c1-2-11-29-23(26)15-5-7-16(8-6-15)31-21-14-30-20-13-17(9-10-18(20)22(21)25)32-24(27)19-4-3-12-28-19/h5-10,13-14,19H,2-4,11-12H2,1H3. The first-order chi connectivity index (χ1) is 15.5. The van der Waals surface area contributed by atoms with Gasteiger partial charge in [-0.05, 0) is 55.7 Å². The molecule has 0 saturated carbocycles. The summed E-state index contributed by atoms with van der Waals surface area (Å²) in [7, 11) is 0. The molecule has 0 N–H and O–H groups in total. The first-order valence-electron chi connectivity index (χ1n) is 10.4. The second-order valence-electron chi connectivity index (χ2n) is 7.27. The molecule has 1 atom stereocenters. The molecule has 0 bridgehead atoms. The third kappa shape index (κ3) is 4.81. The first kappa shape index (κ1) is 21.6. The predicted octanol–water partition coefficient (Wildman–Crippen LogP) is 4.24. The zero-order valence-corrected chi connectivity index (χ0v) is 17.5. The SMILES string of the molecule is CCCOC(=O)c1ccc(Oc2coc3cc(OC(=O)C4CCCO4)ccc3c2=O)cc1. The van der Waals surface area contributed by atoms with E-state index in [0.717, 1.165) is 12.8 Å². The van der Waals surface area contributed by atoms with Gasteiger partial charge in [-0.1, -0.05) is 6.92 Å². The summed E-state index contributed by atoms with van der Waals surface area (Å²) in [5, 5.41) is 0.277. The molecule has 0 radical (unpaired) electrons. The molecular weight excluding hydrogens is 416 g/mol. The van der Waals surface area contributed by atoms with E-state index >= 15 is 0 Å². The van der Waals surface area contributed by atoms with Crippen molar-refractivity contribution in [3.8, 4) is 17.2 Å². The Morgan fingerprint density at radius 2 is 1.88 bits per heavy atom. The normalized spacial score (nSPS) is 15.5. The van der Waals surface area contributed by atoms with Crippen LogP contribution in [0.25, 0.3) is 11.0 Å². The van der Waals surface area contributed by atoms with Crippen LogP contribution in [-0.4, -0.2) is 31.3 Å². The highest BCUT2D eigenvalue weighted by molar-refractivity contribution is 5.89. The van der Waals surface area contributed by atoms with Gasteiger partial charge in [0, 0.05) is 12.7 Å². The summed E-state index contributed by atoms with van der Waals surface area (Å²) >= 11 is 0. The number of hydrogen-bond acceptors (Lipinski definition) is 8. The van der Waals surface area contributed by atoms with Crippen LogP contribution in [0.15, 0.2) is 57.9 Å². The number of hydrogen-bond donors (Lipinski definition) is 0. The van der Waals surface area contributed by atoms with Crippen molar-refractivity contribution < 1.29 is 33.0 Å². The molecule has 0 amide bonds. The molecule has 1 unspecified atom stereocenters.